The Labute approximate surface area is 154 Å². The van der Waals surface area contributed by atoms with Gasteiger partial charge in [0.2, 0.25) is 0 Å². The zero-order valence-electron chi connectivity index (χ0n) is 13.5. The van der Waals surface area contributed by atoms with Crippen molar-refractivity contribution in [2.45, 2.75) is 47.9 Å². The fourth-order valence-electron chi connectivity index (χ4n) is 1.55. The van der Waals surface area contributed by atoms with Gasteiger partial charge in [0.05, 0.1) is 0 Å². The Kier molecular flexibility index (Phi) is 7.16. The van der Waals surface area contributed by atoms with E-state index in [0.29, 0.717) is 11.4 Å². The van der Waals surface area contributed by atoms with Gasteiger partial charge < -0.3 is 5.32 Å². The van der Waals surface area contributed by atoms with Gasteiger partial charge in [-0.1, -0.05) is 6.08 Å². The highest BCUT2D eigenvalue weighted by molar-refractivity contribution is 5.85. The summed E-state index contributed by atoms with van der Waals surface area (Å²) in [4.78, 5) is 10.8. The van der Waals surface area contributed by atoms with Crippen molar-refractivity contribution in [2.24, 2.45) is 0 Å². The van der Waals surface area contributed by atoms with Crippen LogP contribution in [0.4, 0.5) is 70.2 Å². The van der Waals surface area contributed by atoms with E-state index < -0.39 is 60.3 Å². The molecule has 0 saturated carbocycles. The second-order valence-corrected chi connectivity index (χ2v) is 5.37. The van der Waals surface area contributed by atoms with Crippen molar-refractivity contribution >= 4 is 5.91 Å². The van der Waals surface area contributed by atoms with Crippen LogP contribution in [-0.2, 0) is 4.79 Å². The van der Waals surface area contributed by atoms with E-state index in [-0.39, 0.29) is 0 Å². The minimum Gasteiger partial charge on any atom is -0.347 e. The van der Waals surface area contributed by atoms with Crippen LogP contribution in [0.3, 0.4) is 0 Å². The molecule has 0 spiro atoms. The summed E-state index contributed by atoms with van der Waals surface area (Å²) in [7, 11) is 0. The first-order valence-corrected chi connectivity index (χ1v) is 6.75. The topological polar surface area (TPSA) is 29.1 Å². The molecule has 0 unspecified atom stereocenters. The maximum absolute atomic E-state index is 13.3. The third-order valence-corrected chi connectivity index (χ3v) is 3.36. The van der Waals surface area contributed by atoms with E-state index in [0.717, 1.165) is 0 Å². The molecule has 0 heterocycles. The van der Waals surface area contributed by atoms with Crippen LogP contribution in [-0.4, -0.2) is 60.3 Å². The first-order chi connectivity index (χ1) is 12.9. The third kappa shape index (κ3) is 3.54. The molecule has 0 aliphatic heterocycles. The third-order valence-electron chi connectivity index (χ3n) is 3.36. The van der Waals surface area contributed by atoms with Gasteiger partial charge in [0.25, 0.3) is 5.91 Å². The van der Waals surface area contributed by atoms with Gasteiger partial charge in [-0.25, -0.2) is 8.78 Å². The number of hydrogen-bond acceptors (Lipinski definition) is 1. The van der Waals surface area contributed by atoms with E-state index in [1.807, 2.05) is 0 Å². The SMILES string of the molecule is C=CCNC(=O)C(F)(F)C(F)(F)C(F)(F)C(F)(F)C(F)(F)C(F)(F)C(F)(F)C(F)F. The van der Waals surface area contributed by atoms with Crippen molar-refractivity contribution in [1.82, 2.24) is 5.32 Å². The van der Waals surface area contributed by atoms with E-state index in [4.69, 9.17) is 0 Å². The maximum Gasteiger partial charge on any atom is 0.392 e. The predicted octanol–water partition coefficient (Wildman–Crippen LogP) is 5.00. The second-order valence-electron chi connectivity index (χ2n) is 5.37. The van der Waals surface area contributed by atoms with Gasteiger partial charge in [0.1, 0.15) is 0 Å². The predicted molar refractivity (Wildman–Crippen MR) is 63.8 cm³/mol. The van der Waals surface area contributed by atoms with Crippen LogP contribution in [0.1, 0.15) is 0 Å². The van der Waals surface area contributed by atoms with Crippen LogP contribution >= 0.6 is 0 Å². The van der Waals surface area contributed by atoms with Crippen molar-refractivity contribution in [2.75, 3.05) is 6.54 Å². The van der Waals surface area contributed by atoms with E-state index in [9.17, 15) is 75.0 Å². The molecule has 0 aromatic heterocycles. The number of nitrogens with one attached hydrogen (secondary N) is 1. The zero-order chi connectivity index (χ0) is 24.8. The van der Waals surface area contributed by atoms with E-state index >= 15 is 0 Å². The number of carbonyl (C=O) groups excluding carboxylic acids is 1. The van der Waals surface area contributed by atoms with Crippen molar-refractivity contribution in [3.05, 3.63) is 12.7 Å². The Morgan fingerprint density at radius 1 is 0.700 bits per heavy atom. The van der Waals surface area contributed by atoms with Crippen LogP contribution in [0.5, 0.6) is 0 Å². The minimum atomic E-state index is -8.52. The number of halogens is 16. The van der Waals surface area contributed by atoms with Gasteiger partial charge >= 0.3 is 47.9 Å². The average molecular weight is 485 g/mol. The van der Waals surface area contributed by atoms with Crippen LogP contribution < -0.4 is 5.32 Å². The first kappa shape index (κ1) is 28.1. The Bertz CT molecular complexity index is 655. The Hall–Kier alpha value is -1.91. The van der Waals surface area contributed by atoms with Crippen LogP contribution in [0.15, 0.2) is 12.7 Å². The summed E-state index contributed by atoms with van der Waals surface area (Å²) in [5.41, 5.74) is 0. The van der Waals surface area contributed by atoms with Crippen molar-refractivity contribution in [1.29, 1.82) is 0 Å². The van der Waals surface area contributed by atoms with Crippen molar-refractivity contribution < 1.29 is 75.0 Å². The monoisotopic (exact) mass is 485 g/mol. The molecule has 1 N–H and O–H groups in total. The fraction of sp³-hybridized carbons (Fsp3) is 0.750. The number of hydrogen-bond donors (Lipinski definition) is 1. The van der Waals surface area contributed by atoms with Crippen molar-refractivity contribution in [3.63, 3.8) is 0 Å². The molecule has 0 aromatic carbocycles. The van der Waals surface area contributed by atoms with E-state index in [1.165, 1.54) is 0 Å². The molecule has 2 nitrogen and oxygen atoms in total. The lowest BCUT2D eigenvalue weighted by Crippen LogP contribution is -2.74. The van der Waals surface area contributed by atoms with Crippen LogP contribution in [0, 0.1) is 0 Å². The molecule has 18 heteroatoms. The number of alkyl halides is 16. The van der Waals surface area contributed by atoms with E-state index in [1.54, 1.807) is 0 Å². The summed E-state index contributed by atoms with van der Waals surface area (Å²) < 4.78 is 208. The van der Waals surface area contributed by atoms with Gasteiger partial charge in [-0.3, -0.25) is 4.79 Å². The summed E-state index contributed by atoms with van der Waals surface area (Å²) in [6.07, 6.45) is -5.45. The van der Waals surface area contributed by atoms with Gasteiger partial charge in [0.15, 0.2) is 0 Å². The molecule has 0 rings (SSSR count). The Morgan fingerprint density at radius 2 is 1.03 bits per heavy atom. The Morgan fingerprint density at radius 3 is 1.37 bits per heavy atom. The largest absolute Gasteiger partial charge is 0.392 e. The summed E-state index contributed by atoms with van der Waals surface area (Å²) in [6.45, 7) is 1.54. The molecular weight excluding hydrogens is 478 g/mol. The first-order valence-electron chi connectivity index (χ1n) is 6.75. The summed E-state index contributed by atoms with van der Waals surface area (Å²) >= 11 is 0. The van der Waals surface area contributed by atoms with Gasteiger partial charge in [-0.05, 0) is 0 Å². The molecule has 0 aliphatic rings. The number of rotatable bonds is 10. The normalized spacial score (nSPS) is 15.4. The molecule has 178 valence electrons. The maximum atomic E-state index is 13.3. The number of carbonyl (C=O) groups is 1. The lowest BCUT2D eigenvalue weighted by molar-refractivity contribution is -0.443. The molecule has 30 heavy (non-hydrogen) atoms. The minimum absolute atomic E-state index is 0.458. The highest BCUT2D eigenvalue weighted by Crippen LogP contribution is 2.62. The second kappa shape index (κ2) is 7.65. The molecule has 1 amide bonds. The fourth-order valence-corrected chi connectivity index (χ4v) is 1.55. The highest BCUT2D eigenvalue weighted by Gasteiger charge is 2.94. The highest BCUT2D eigenvalue weighted by atomic mass is 19.4. The summed E-state index contributed by atoms with van der Waals surface area (Å²) in [6, 6.07) is 0. The number of amides is 1. The Balaban J connectivity index is 6.59. The smallest absolute Gasteiger partial charge is 0.347 e. The van der Waals surface area contributed by atoms with Gasteiger partial charge in [-0.2, -0.15) is 61.5 Å². The average Bonchev–Trinajstić information content (AvgIpc) is 2.57. The van der Waals surface area contributed by atoms with Crippen molar-refractivity contribution in [3.8, 4) is 0 Å². The van der Waals surface area contributed by atoms with Gasteiger partial charge in [0, 0.05) is 6.54 Å². The summed E-state index contributed by atoms with van der Waals surface area (Å²) in [5, 5.41) is 0.690. The standard InChI is InChI=1S/C12H7F16NO/c1-2-3-29-5(30)7(17,18)9(21,22)11(25,26)12(27,28)10(23,24)8(19,20)6(15,16)4(13)14/h2,4H,1,3H2,(H,29,30). The quantitative estimate of drug-likeness (QED) is 0.343. The molecule has 0 aromatic rings. The van der Waals surface area contributed by atoms with E-state index in [2.05, 4.69) is 6.58 Å². The molecule has 0 radical (unpaired) electrons. The van der Waals surface area contributed by atoms with Crippen LogP contribution in [0.25, 0.3) is 0 Å². The molecule has 0 fully saturated rings. The van der Waals surface area contributed by atoms with Crippen LogP contribution in [0.2, 0.25) is 0 Å². The molecule has 0 bridgehead atoms. The van der Waals surface area contributed by atoms with Gasteiger partial charge in [-0.15, -0.1) is 6.58 Å². The molecule has 0 aliphatic carbocycles. The molecule has 0 atom stereocenters. The summed E-state index contributed by atoms with van der Waals surface area (Å²) in [5.74, 6) is -59.4. The molecule has 0 saturated heterocycles. The lowest BCUT2D eigenvalue weighted by atomic mass is 9.89. The lowest BCUT2D eigenvalue weighted by Gasteiger charge is -2.42. The molecular formula is C12H7F16NO. The zero-order valence-corrected chi connectivity index (χ0v) is 13.5.